The first-order valence-corrected chi connectivity index (χ1v) is 41.4. The molecule has 0 aromatic heterocycles. The van der Waals surface area contributed by atoms with Crippen molar-refractivity contribution in [3.8, 4) is 0 Å². The Kier molecular flexibility index (Phi) is 15.0. The van der Waals surface area contributed by atoms with Gasteiger partial charge in [0.1, 0.15) is 0 Å². The molecule has 14 fully saturated rings. The third-order valence-corrected chi connectivity index (χ3v) is 30.5. The molecule has 4 unspecified atom stereocenters. The van der Waals surface area contributed by atoms with Gasteiger partial charge in [-0.3, -0.25) is 0 Å². The fourth-order valence-electron chi connectivity index (χ4n) is 26.7. The van der Waals surface area contributed by atoms with Crippen LogP contribution in [0.15, 0.2) is 127 Å². The molecule has 0 saturated heterocycles. The van der Waals surface area contributed by atoms with Crippen molar-refractivity contribution in [2.24, 2.45) is 88.8 Å². The van der Waals surface area contributed by atoms with Crippen molar-refractivity contribution >= 4 is 55.7 Å². The molecule has 7 aromatic carbocycles. The first kappa shape index (κ1) is 65.2. The minimum atomic E-state index is -0.100. The zero-order chi connectivity index (χ0) is 68.7. The summed E-state index contributed by atoms with van der Waals surface area (Å²) in [7, 11) is 0. The second-order valence-electron chi connectivity index (χ2n) is 42.6. The molecule has 16 aliphatic carbocycles. The van der Waals surface area contributed by atoms with Crippen LogP contribution >= 0.6 is 0 Å². The molecule has 2 heteroatoms. The van der Waals surface area contributed by atoms with E-state index in [-0.39, 0.29) is 27.1 Å². The molecule has 100 heavy (non-hydrogen) atoms. The lowest BCUT2D eigenvalue weighted by atomic mass is 9.49. The average Bonchev–Trinajstić information content (AvgIpc) is 0.710. The lowest BCUT2D eigenvalue weighted by molar-refractivity contribution is -0.00495. The molecular weight excluding hydrogens is 1210 g/mol. The summed E-state index contributed by atoms with van der Waals surface area (Å²) in [5.41, 5.74) is 23.3. The van der Waals surface area contributed by atoms with Gasteiger partial charge in [-0.1, -0.05) is 176 Å². The molecule has 2 nitrogen and oxygen atoms in total. The summed E-state index contributed by atoms with van der Waals surface area (Å²) in [6, 6.07) is 50.9. The monoisotopic (exact) mass is 1330 g/mol. The van der Waals surface area contributed by atoms with Crippen molar-refractivity contribution in [1.29, 1.82) is 0 Å². The number of hydrogen-bond donors (Lipinski definition) is 0. The molecule has 16 aliphatic rings. The van der Waals surface area contributed by atoms with Crippen molar-refractivity contribution in [3.63, 3.8) is 0 Å². The molecule has 4 atom stereocenters. The first-order valence-electron chi connectivity index (χ1n) is 41.4. The molecule has 0 aliphatic heterocycles. The van der Waals surface area contributed by atoms with Crippen LogP contribution in [0.2, 0.25) is 0 Å². The summed E-state index contributed by atoms with van der Waals surface area (Å²) in [4.78, 5) is 5.87. The molecule has 0 heterocycles. The second kappa shape index (κ2) is 23.0. The second-order valence-corrected chi connectivity index (χ2v) is 42.6. The van der Waals surface area contributed by atoms with Gasteiger partial charge in [0, 0.05) is 44.3 Å². The lowest BCUT2D eigenvalue weighted by Gasteiger charge is -2.56. The van der Waals surface area contributed by atoms with E-state index in [2.05, 4.69) is 235 Å². The molecule has 0 amide bonds. The quantitative estimate of drug-likeness (QED) is 0.0765. The van der Waals surface area contributed by atoms with Crippen molar-refractivity contribution in [2.75, 3.05) is 9.80 Å². The van der Waals surface area contributed by atoms with Crippen LogP contribution in [-0.4, -0.2) is 0 Å². The molecular formula is C98H122N2. The van der Waals surface area contributed by atoms with E-state index in [1.165, 1.54) is 205 Å². The third-order valence-electron chi connectivity index (χ3n) is 30.5. The molecule has 0 spiro atoms. The maximum absolute atomic E-state index is 2.93. The zero-order valence-corrected chi connectivity index (χ0v) is 64.3. The van der Waals surface area contributed by atoms with Gasteiger partial charge in [0.2, 0.25) is 0 Å². The van der Waals surface area contributed by atoms with Crippen molar-refractivity contribution in [1.82, 2.24) is 0 Å². The average molecular weight is 1330 g/mol. The van der Waals surface area contributed by atoms with E-state index in [1.54, 1.807) is 27.8 Å². The summed E-state index contributed by atoms with van der Waals surface area (Å²) in [6.45, 7) is 37.0. The van der Waals surface area contributed by atoms with Crippen LogP contribution in [-0.2, 0) is 27.1 Å². The molecule has 16 bridgehead atoms. The van der Waals surface area contributed by atoms with Gasteiger partial charge in [-0.2, -0.15) is 0 Å². The van der Waals surface area contributed by atoms with Crippen LogP contribution in [0.4, 0.5) is 34.1 Å². The Morgan fingerprint density at radius 1 is 0.260 bits per heavy atom. The van der Waals surface area contributed by atoms with E-state index in [0.717, 1.165) is 82.9 Å². The van der Waals surface area contributed by atoms with Crippen LogP contribution in [0.1, 0.15) is 300 Å². The van der Waals surface area contributed by atoms with Crippen molar-refractivity contribution in [3.05, 3.63) is 177 Å². The molecule has 0 N–H and O–H groups in total. The van der Waals surface area contributed by atoms with Crippen LogP contribution < -0.4 is 9.80 Å². The summed E-state index contributed by atoms with van der Waals surface area (Å²) in [6.07, 6.45) is 29.9. The van der Waals surface area contributed by atoms with Gasteiger partial charge in [-0.25, -0.2) is 0 Å². The van der Waals surface area contributed by atoms with E-state index >= 15 is 0 Å². The van der Waals surface area contributed by atoms with Crippen LogP contribution in [0.5, 0.6) is 0 Å². The topological polar surface area (TPSA) is 6.48 Å². The normalized spacial score (nSPS) is 33.8. The highest BCUT2D eigenvalue weighted by Crippen LogP contribution is 2.66. The van der Waals surface area contributed by atoms with Gasteiger partial charge in [0.15, 0.2) is 0 Å². The van der Waals surface area contributed by atoms with Gasteiger partial charge >= 0.3 is 0 Å². The molecule has 524 valence electrons. The first-order chi connectivity index (χ1) is 47.5. The summed E-state index contributed by atoms with van der Waals surface area (Å²) < 4.78 is 0. The highest BCUT2D eigenvalue weighted by Gasteiger charge is 2.53. The molecule has 7 aromatic rings. The fourth-order valence-corrected chi connectivity index (χ4v) is 26.7. The van der Waals surface area contributed by atoms with E-state index in [4.69, 9.17) is 0 Å². The van der Waals surface area contributed by atoms with E-state index in [9.17, 15) is 0 Å². The Morgan fingerprint density at radius 2 is 0.580 bits per heavy atom. The smallest absolute Gasteiger partial charge is 0.0620 e. The highest BCUT2D eigenvalue weighted by molar-refractivity contribution is 6.23. The number of fused-ring (bicyclic) bond motifs is 2. The minimum absolute atomic E-state index is 0.0728. The lowest BCUT2D eigenvalue weighted by Crippen LogP contribution is -2.44. The number of nitrogens with zero attached hydrogens (tertiary/aromatic N) is 2. The van der Waals surface area contributed by atoms with Gasteiger partial charge in [0.25, 0.3) is 0 Å². The van der Waals surface area contributed by atoms with Crippen molar-refractivity contribution < 1.29 is 0 Å². The van der Waals surface area contributed by atoms with E-state index in [0.29, 0.717) is 29.6 Å². The summed E-state index contributed by atoms with van der Waals surface area (Å²) >= 11 is 0. The predicted molar refractivity (Wildman–Crippen MR) is 423 cm³/mol. The SMILES string of the molecule is CC(C)(C)c1cc(N(c2cc(C3C4CC5CC(C4)CC3C5)cc(C3C4CC5CC(C4)CC3C5)c2)c2c3ccccc3c(N(c3cc(C4C5C=C6CC(C5)CC4C6)cc(C4C5CC6CC(C5)CC4C6)c3)c3cc(C(C)(C)C)cc(C(C)(C)C)c3)c3cc(C(C)(C)C)ccc23)cc(C(C)(C)C)c1. The highest BCUT2D eigenvalue weighted by atomic mass is 15.2. The fraction of sp³-hybridized carbons (Fsp3) is 0.592. The van der Waals surface area contributed by atoms with Crippen molar-refractivity contribution in [2.45, 2.75) is 277 Å². The zero-order valence-electron chi connectivity index (χ0n) is 64.3. The number of hydrogen-bond acceptors (Lipinski definition) is 2. The predicted octanol–water partition coefficient (Wildman–Crippen LogP) is 27.5. The van der Waals surface area contributed by atoms with Crippen LogP contribution in [0.25, 0.3) is 21.5 Å². The number of anilines is 6. The summed E-state index contributed by atoms with van der Waals surface area (Å²) in [5, 5.41) is 5.42. The Morgan fingerprint density at radius 3 is 0.920 bits per heavy atom. The third kappa shape index (κ3) is 11.0. The van der Waals surface area contributed by atoms with Gasteiger partial charge in [-0.15, -0.1) is 0 Å². The molecule has 23 rings (SSSR count). The Hall–Kier alpha value is -5.60. The minimum Gasteiger partial charge on any atom is -0.309 e. The molecule has 0 radical (unpaired) electrons. The Labute approximate surface area is 604 Å². The number of benzene rings is 7. The van der Waals surface area contributed by atoms with Gasteiger partial charge < -0.3 is 9.80 Å². The Bertz CT molecular complexity index is 4240. The van der Waals surface area contributed by atoms with E-state index < -0.39 is 0 Å². The standard InChI is InChI=1S/C98H122N2/c1-94(2,3)75-20-21-86-87(54-75)93(100(83-52-78(97(10,11)12)49-79(53-83)98(13,14)15)81-46-73(90-67-34-59-24-60(36-67)37-68(90)35-59)43-74(47-81)91-69-38-61-25-62(40-69)41-70(91)39-61)85-19-17-16-18-84(85)92(86)99(82-50-76(95(4,5)6)48-77(51-82)96(7,8)9)80-44-71(88-63-26-55-22-56(28-63)29-64(88)27-55)42-72(45-80)89-65-30-57-23-58(32-65)33-66(89)31-57/h16-21,34,42-58,60-70,88-91H,22-33,35-41H2,1-15H3. The van der Waals surface area contributed by atoms with Gasteiger partial charge in [-0.05, 0) is 366 Å². The maximum atomic E-state index is 2.93. The number of rotatable bonds is 10. The van der Waals surface area contributed by atoms with Crippen LogP contribution in [0, 0.1) is 88.8 Å². The largest absolute Gasteiger partial charge is 0.309 e. The Balaban J connectivity index is 0.920. The summed E-state index contributed by atoms with van der Waals surface area (Å²) in [5.74, 6) is 15.0. The van der Waals surface area contributed by atoms with E-state index in [1.807, 2.05) is 0 Å². The maximum Gasteiger partial charge on any atom is 0.0620 e. The molecule has 14 saturated carbocycles. The number of allylic oxidation sites excluding steroid dienone is 2. The van der Waals surface area contributed by atoms with Gasteiger partial charge in [0.05, 0.1) is 11.4 Å². The van der Waals surface area contributed by atoms with Crippen LogP contribution in [0.3, 0.4) is 0 Å².